The Morgan fingerprint density at radius 1 is 1.08 bits per heavy atom. The molecule has 2 aromatic carbocycles. The molecule has 6 heteroatoms. The Hall–Kier alpha value is -2.99. The standard InChI is InChI=1S/C20H18N2O3S/c1-3-13-4-8-15(9-5-13)22-19(24)17(18(23)21-20(22)26)12-14-6-10-16(25-2)11-7-14/h4-12H,3H2,1-2H3,(H,21,23,26). The van der Waals surface area contributed by atoms with Crippen LogP contribution in [-0.2, 0) is 16.0 Å². The van der Waals surface area contributed by atoms with E-state index in [-0.39, 0.29) is 10.7 Å². The summed E-state index contributed by atoms with van der Waals surface area (Å²) in [4.78, 5) is 26.5. The minimum Gasteiger partial charge on any atom is -0.497 e. The van der Waals surface area contributed by atoms with Crippen LogP contribution in [0.3, 0.4) is 0 Å². The fourth-order valence-electron chi connectivity index (χ4n) is 2.64. The van der Waals surface area contributed by atoms with Crippen LogP contribution in [0, 0.1) is 0 Å². The van der Waals surface area contributed by atoms with Crippen molar-refractivity contribution in [2.24, 2.45) is 0 Å². The first kappa shape index (κ1) is 17.8. The van der Waals surface area contributed by atoms with Crippen molar-refractivity contribution in [3.05, 3.63) is 65.2 Å². The molecular formula is C20H18N2O3S. The Kier molecular flexibility index (Phi) is 5.14. The largest absolute Gasteiger partial charge is 0.497 e. The normalized spacial score (nSPS) is 16.0. The molecule has 1 aliphatic rings. The molecule has 1 heterocycles. The number of ether oxygens (including phenoxy) is 1. The molecule has 26 heavy (non-hydrogen) atoms. The summed E-state index contributed by atoms with van der Waals surface area (Å²) in [5.74, 6) is -0.249. The maximum Gasteiger partial charge on any atom is 0.270 e. The summed E-state index contributed by atoms with van der Waals surface area (Å²) < 4.78 is 5.12. The second kappa shape index (κ2) is 7.49. The quantitative estimate of drug-likeness (QED) is 0.513. The van der Waals surface area contributed by atoms with Crippen LogP contribution in [-0.4, -0.2) is 24.0 Å². The molecular weight excluding hydrogens is 348 g/mol. The minimum atomic E-state index is -0.503. The van der Waals surface area contributed by atoms with Crippen LogP contribution >= 0.6 is 12.2 Å². The molecule has 1 saturated heterocycles. The summed E-state index contributed by atoms with van der Waals surface area (Å²) >= 11 is 5.20. The molecule has 0 radical (unpaired) electrons. The fraction of sp³-hybridized carbons (Fsp3) is 0.150. The van der Waals surface area contributed by atoms with Gasteiger partial charge in [-0.1, -0.05) is 31.2 Å². The second-order valence-corrected chi connectivity index (χ2v) is 6.14. The van der Waals surface area contributed by atoms with Gasteiger partial charge in [0.2, 0.25) is 0 Å². The highest BCUT2D eigenvalue weighted by atomic mass is 32.1. The number of thiocarbonyl (C=S) groups is 1. The molecule has 0 atom stereocenters. The van der Waals surface area contributed by atoms with E-state index in [4.69, 9.17) is 17.0 Å². The van der Waals surface area contributed by atoms with Gasteiger partial charge in [0, 0.05) is 0 Å². The summed E-state index contributed by atoms with van der Waals surface area (Å²) in [7, 11) is 1.58. The van der Waals surface area contributed by atoms with Crippen molar-refractivity contribution in [1.82, 2.24) is 5.32 Å². The first-order valence-electron chi connectivity index (χ1n) is 8.18. The van der Waals surface area contributed by atoms with E-state index in [9.17, 15) is 9.59 Å². The van der Waals surface area contributed by atoms with Gasteiger partial charge >= 0.3 is 0 Å². The smallest absolute Gasteiger partial charge is 0.270 e. The van der Waals surface area contributed by atoms with Gasteiger partial charge in [0.25, 0.3) is 11.8 Å². The van der Waals surface area contributed by atoms with Crippen molar-refractivity contribution in [3.8, 4) is 5.75 Å². The van der Waals surface area contributed by atoms with E-state index in [0.717, 1.165) is 17.5 Å². The van der Waals surface area contributed by atoms with Crippen molar-refractivity contribution in [2.75, 3.05) is 12.0 Å². The summed E-state index contributed by atoms with van der Waals surface area (Å²) in [5.41, 5.74) is 2.53. The molecule has 2 aromatic rings. The lowest BCUT2D eigenvalue weighted by atomic mass is 10.1. The van der Waals surface area contributed by atoms with Crippen molar-refractivity contribution in [2.45, 2.75) is 13.3 Å². The highest BCUT2D eigenvalue weighted by molar-refractivity contribution is 7.80. The molecule has 1 N–H and O–H groups in total. The topological polar surface area (TPSA) is 58.6 Å². The van der Waals surface area contributed by atoms with E-state index >= 15 is 0 Å². The SMILES string of the molecule is CCc1ccc(N2C(=O)C(=Cc3ccc(OC)cc3)C(=O)NC2=S)cc1. The van der Waals surface area contributed by atoms with Gasteiger partial charge in [0.15, 0.2) is 5.11 Å². The van der Waals surface area contributed by atoms with Gasteiger partial charge in [-0.3, -0.25) is 19.8 Å². The molecule has 0 bridgehead atoms. The van der Waals surface area contributed by atoms with Gasteiger partial charge in [-0.2, -0.15) is 0 Å². The van der Waals surface area contributed by atoms with E-state index in [1.165, 1.54) is 4.90 Å². The van der Waals surface area contributed by atoms with Crippen LogP contribution in [0.2, 0.25) is 0 Å². The van der Waals surface area contributed by atoms with Crippen LogP contribution in [0.1, 0.15) is 18.1 Å². The van der Waals surface area contributed by atoms with Gasteiger partial charge in [0.05, 0.1) is 12.8 Å². The van der Waals surface area contributed by atoms with Crippen LogP contribution in [0.15, 0.2) is 54.1 Å². The molecule has 0 aliphatic carbocycles. The zero-order chi connectivity index (χ0) is 18.7. The highest BCUT2D eigenvalue weighted by Crippen LogP contribution is 2.23. The lowest BCUT2D eigenvalue weighted by Gasteiger charge is -2.29. The Balaban J connectivity index is 1.95. The predicted octanol–water partition coefficient (Wildman–Crippen LogP) is 3.09. The van der Waals surface area contributed by atoms with Crippen molar-refractivity contribution in [3.63, 3.8) is 0 Å². The number of aryl methyl sites for hydroxylation is 1. The number of benzene rings is 2. The Morgan fingerprint density at radius 3 is 2.31 bits per heavy atom. The molecule has 1 aliphatic heterocycles. The molecule has 132 valence electrons. The van der Waals surface area contributed by atoms with Gasteiger partial charge in [-0.05, 0) is 60.1 Å². The lowest BCUT2D eigenvalue weighted by Crippen LogP contribution is -2.54. The first-order chi connectivity index (χ1) is 12.5. The molecule has 0 spiro atoms. The Bertz CT molecular complexity index is 886. The summed E-state index contributed by atoms with van der Waals surface area (Å²) in [6, 6.07) is 14.6. The molecule has 3 rings (SSSR count). The molecule has 0 saturated carbocycles. The zero-order valence-corrected chi connectivity index (χ0v) is 15.3. The fourth-order valence-corrected chi connectivity index (χ4v) is 2.92. The first-order valence-corrected chi connectivity index (χ1v) is 8.58. The third-order valence-electron chi connectivity index (χ3n) is 4.13. The number of nitrogens with zero attached hydrogens (tertiary/aromatic N) is 1. The van der Waals surface area contributed by atoms with Gasteiger partial charge < -0.3 is 4.74 Å². The van der Waals surface area contributed by atoms with Crippen molar-refractivity contribution < 1.29 is 14.3 Å². The van der Waals surface area contributed by atoms with Gasteiger partial charge in [-0.25, -0.2) is 0 Å². The van der Waals surface area contributed by atoms with E-state index < -0.39 is 11.8 Å². The second-order valence-electron chi connectivity index (χ2n) is 5.75. The number of anilines is 1. The van der Waals surface area contributed by atoms with E-state index in [0.29, 0.717) is 11.4 Å². The van der Waals surface area contributed by atoms with E-state index in [2.05, 4.69) is 12.2 Å². The van der Waals surface area contributed by atoms with E-state index in [1.807, 2.05) is 24.3 Å². The number of rotatable bonds is 4. The molecule has 0 unspecified atom stereocenters. The van der Waals surface area contributed by atoms with Crippen LogP contribution < -0.4 is 15.0 Å². The predicted molar refractivity (Wildman–Crippen MR) is 105 cm³/mol. The number of amides is 2. The maximum absolute atomic E-state index is 12.9. The summed E-state index contributed by atoms with van der Waals surface area (Å²) in [6.07, 6.45) is 2.45. The summed E-state index contributed by atoms with van der Waals surface area (Å²) in [6.45, 7) is 2.06. The van der Waals surface area contributed by atoms with Crippen molar-refractivity contribution in [1.29, 1.82) is 0 Å². The molecule has 5 nitrogen and oxygen atoms in total. The lowest BCUT2D eigenvalue weighted by molar-refractivity contribution is -0.122. The summed E-state index contributed by atoms with van der Waals surface area (Å²) in [5, 5.41) is 2.66. The third kappa shape index (κ3) is 3.50. The molecule has 2 amide bonds. The molecule has 1 fully saturated rings. The Labute approximate surface area is 157 Å². The Morgan fingerprint density at radius 2 is 1.73 bits per heavy atom. The minimum absolute atomic E-state index is 0.0309. The van der Waals surface area contributed by atoms with Crippen LogP contribution in [0.4, 0.5) is 5.69 Å². The average molecular weight is 366 g/mol. The third-order valence-corrected chi connectivity index (χ3v) is 4.42. The number of carbonyl (C=O) groups is 2. The van der Waals surface area contributed by atoms with Crippen molar-refractivity contribution >= 4 is 40.9 Å². The van der Waals surface area contributed by atoms with Crippen LogP contribution in [0.5, 0.6) is 5.75 Å². The number of hydrogen-bond acceptors (Lipinski definition) is 4. The molecule has 0 aromatic heterocycles. The van der Waals surface area contributed by atoms with Gasteiger partial charge in [-0.15, -0.1) is 0 Å². The van der Waals surface area contributed by atoms with Crippen LogP contribution in [0.25, 0.3) is 6.08 Å². The number of carbonyl (C=O) groups excluding carboxylic acids is 2. The monoisotopic (exact) mass is 366 g/mol. The zero-order valence-electron chi connectivity index (χ0n) is 14.5. The average Bonchev–Trinajstić information content (AvgIpc) is 2.66. The van der Waals surface area contributed by atoms with E-state index in [1.54, 1.807) is 37.5 Å². The highest BCUT2D eigenvalue weighted by Gasteiger charge is 2.34. The number of nitrogens with one attached hydrogen (secondary N) is 1. The number of methoxy groups -OCH3 is 1. The van der Waals surface area contributed by atoms with Gasteiger partial charge in [0.1, 0.15) is 11.3 Å². The maximum atomic E-state index is 12.9. The number of hydrogen-bond donors (Lipinski definition) is 1.